The van der Waals surface area contributed by atoms with Crippen LogP contribution in [0, 0.1) is 0 Å². The van der Waals surface area contributed by atoms with Gasteiger partial charge in [-0.05, 0) is 24.3 Å². The summed E-state index contributed by atoms with van der Waals surface area (Å²) in [6.07, 6.45) is 5.10. The summed E-state index contributed by atoms with van der Waals surface area (Å²) in [6, 6.07) is 9.11. The van der Waals surface area contributed by atoms with Gasteiger partial charge in [0.15, 0.2) is 0 Å². The Morgan fingerprint density at radius 1 is 1.17 bits per heavy atom. The van der Waals surface area contributed by atoms with E-state index in [1.807, 2.05) is 18.2 Å². The van der Waals surface area contributed by atoms with E-state index in [1.165, 1.54) is 0 Å². The third-order valence-corrected chi connectivity index (χ3v) is 2.74. The van der Waals surface area contributed by atoms with Crippen molar-refractivity contribution in [2.75, 3.05) is 0 Å². The van der Waals surface area contributed by atoms with Gasteiger partial charge < -0.3 is 5.73 Å². The van der Waals surface area contributed by atoms with Gasteiger partial charge in [-0.1, -0.05) is 6.07 Å². The SMILES string of the molecule is NC(=O)c1c(-c2ccncc2)nn2ccccc12. The Hall–Kier alpha value is -2.69. The van der Waals surface area contributed by atoms with Crippen molar-refractivity contribution in [3.05, 3.63) is 54.5 Å². The van der Waals surface area contributed by atoms with Gasteiger partial charge in [0.25, 0.3) is 5.91 Å². The van der Waals surface area contributed by atoms with Crippen LogP contribution in [0.1, 0.15) is 10.4 Å². The minimum atomic E-state index is -0.483. The monoisotopic (exact) mass is 238 g/mol. The van der Waals surface area contributed by atoms with E-state index in [4.69, 9.17) is 5.73 Å². The molecule has 0 aromatic carbocycles. The van der Waals surface area contributed by atoms with Crippen LogP contribution in [0.25, 0.3) is 16.8 Å². The highest BCUT2D eigenvalue weighted by atomic mass is 16.1. The summed E-state index contributed by atoms with van der Waals surface area (Å²) in [7, 11) is 0. The highest BCUT2D eigenvalue weighted by molar-refractivity contribution is 6.05. The van der Waals surface area contributed by atoms with Crippen LogP contribution in [0.3, 0.4) is 0 Å². The topological polar surface area (TPSA) is 73.3 Å². The first-order chi connectivity index (χ1) is 8.77. The Bertz CT molecular complexity index is 718. The second-order valence-corrected chi connectivity index (χ2v) is 3.85. The molecule has 0 aliphatic carbocycles. The van der Waals surface area contributed by atoms with E-state index in [0.717, 1.165) is 5.56 Å². The number of hydrogen-bond donors (Lipinski definition) is 1. The largest absolute Gasteiger partial charge is 0.365 e. The summed E-state index contributed by atoms with van der Waals surface area (Å²) >= 11 is 0. The van der Waals surface area contributed by atoms with Gasteiger partial charge in [0.2, 0.25) is 0 Å². The smallest absolute Gasteiger partial charge is 0.253 e. The van der Waals surface area contributed by atoms with Crippen LogP contribution in [0.2, 0.25) is 0 Å². The molecular formula is C13H10N4O. The first kappa shape index (κ1) is 10.5. The number of nitrogens with zero attached hydrogens (tertiary/aromatic N) is 3. The molecule has 1 amide bonds. The molecular weight excluding hydrogens is 228 g/mol. The average Bonchev–Trinajstić information content (AvgIpc) is 2.79. The normalized spacial score (nSPS) is 10.7. The van der Waals surface area contributed by atoms with Crippen LogP contribution < -0.4 is 5.73 Å². The maximum absolute atomic E-state index is 11.6. The lowest BCUT2D eigenvalue weighted by Crippen LogP contribution is -2.11. The Balaban J connectivity index is 2.36. The number of amides is 1. The minimum absolute atomic E-state index is 0.432. The molecule has 3 aromatic heterocycles. The molecule has 5 heteroatoms. The quantitative estimate of drug-likeness (QED) is 0.735. The van der Waals surface area contributed by atoms with Gasteiger partial charge in [-0.15, -0.1) is 0 Å². The number of aromatic nitrogens is 3. The molecule has 0 aliphatic heterocycles. The number of rotatable bonds is 2. The van der Waals surface area contributed by atoms with Crippen LogP contribution in [0.4, 0.5) is 0 Å². The Labute approximate surface area is 103 Å². The average molecular weight is 238 g/mol. The summed E-state index contributed by atoms with van der Waals surface area (Å²) in [5, 5.41) is 4.39. The molecule has 0 radical (unpaired) electrons. The molecule has 3 rings (SSSR count). The van der Waals surface area contributed by atoms with E-state index in [0.29, 0.717) is 16.8 Å². The van der Waals surface area contributed by atoms with Crippen molar-refractivity contribution in [2.24, 2.45) is 5.73 Å². The van der Waals surface area contributed by atoms with Crippen LogP contribution in [-0.4, -0.2) is 20.5 Å². The molecule has 0 fully saturated rings. The number of nitrogens with two attached hydrogens (primary N) is 1. The van der Waals surface area contributed by atoms with Gasteiger partial charge in [0, 0.05) is 24.2 Å². The van der Waals surface area contributed by atoms with E-state index in [9.17, 15) is 4.79 Å². The molecule has 0 saturated carbocycles. The standard InChI is InChI=1S/C13H10N4O/c14-13(18)11-10-3-1-2-8-17(10)16-12(11)9-4-6-15-7-5-9/h1-8H,(H2,14,18). The van der Waals surface area contributed by atoms with Crippen molar-refractivity contribution >= 4 is 11.4 Å². The lowest BCUT2D eigenvalue weighted by atomic mass is 10.1. The Morgan fingerprint density at radius 2 is 1.94 bits per heavy atom. The lowest BCUT2D eigenvalue weighted by Gasteiger charge is -1.98. The summed E-state index contributed by atoms with van der Waals surface area (Å²) in [4.78, 5) is 15.6. The van der Waals surface area contributed by atoms with Gasteiger partial charge in [-0.25, -0.2) is 4.52 Å². The summed E-state index contributed by atoms with van der Waals surface area (Å²) in [6.45, 7) is 0. The molecule has 5 nitrogen and oxygen atoms in total. The molecule has 0 aliphatic rings. The van der Waals surface area contributed by atoms with Crippen LogP contribution in [0.5, 0.6) is 0 Å². The first-order valence-electron chi connectivity index (χ1n) is 5.45. The number of hydrogen-bond acceptors (Lipinski definition) is 3. The fraction of sp³-hybridized carbons (Fsp3) is 0. The van der Waals surface area contributed by atoms with Crippen LogP contribution in [-0.2, 0) is 0 Å². The number of carbonyl (C=O) groups is 1. The number of fused-ring (bicyclic) bond motifs is 1. The van der Waals surface area contributed by atoms with Crippen molar-refractivity contribution in [3.8, 4) is 11.3 Å². The predicted octanol–water partition coefficient (Wildman–Crippen LogP) is 1.50. The molecule has 3 heterocycles. The van der Waals surface area contributed by atoms with Crippen molar-refractivity contribution < 1.29 is 4.79 Å². The van der Waals surface area contributed by atoms with E-state index in [2.05, 4.69) is 10.1 Å². The molecule has 0 unspecified atom stereocenters. The zero-order valence-electron chi connectivity index (χ0n) is 9.45. The van der Waals surface area contributed by atoms with E-state index in [1.54, 1.807) is 35.2 Å². The zero-order valence-corrected chi connectivity index (χ0v) is 9.45. The highest BCUT2D eigenvalue weighted by Crippen LogP contribution is 2.25. The van der Waals surface area contributed by atoms with Crippen LogP contribution >= 0.6 is 0 Å². The van der Waals surface area contributed by atoms with Crippen LogP contribution in [0.15, 0.2) is 48.9 Å². The van der Waals surface area contributed by atoms with Crippen molar-refractivity contribution in [3.63, 3.8) is 0 Å². The summed E-state index contributed by atoms with van der Waals surface area (Å²) in [5.74, 6) is -0.483. The third kappa shape index (κ3) is 1.53. The number of primary amides is 1. The number of carbonyl (C=O) groups excluding carboxylic acids is 1. The van der Waals surface area contributed by atoms with Gasteiger partial charge in [-0.3, -0.25) is 9.78 Å². The molecule has 0 atom stereocenters. The maximum Gasteiger partial charge on any atom is 0.253 e. The van der Waals surface area contributed by atoms with Gasteiger partial charge >= 0.3 is 0 Å². The molecule has 2 N–H and O–H groups in total. The van der Waals surface area contributed by atoms with E-state index in [-0.39, 0.29) is 0 Å². The zero-order chi connectivity index (χ0) is 12.5. The third-order valence-electron chi connectivity index (χ3n) is 2.74. The Kier molecular flexibility index (Phi) is 2.30. The lowest BCUT2D eigenvalue weighted by molar-refractivity contribution is 0.100. The molecule has 0 spiro atoms. The van der Waals surface area contributed by atoms with Gasteiger partial charge in [-0.2, -0.15) is 5.10 Å². The highest BCUT2D eigenvalue weighted by Gasteiger charge is 2.18. The fourth-order valence-corrected chi connectivity index (χ4v) is 1.95. The molecule has 18 heavy (non-hydrogen) atoms. The van der Waals surface area contributed by atoms with Gasteiger partial charge in [0.1, 0.15) is 5.69 Å². The van der Waals surface area contributed by atoms with E-state index >= 15 is 0 Å². The summed E-state index contributed by atoms with van der Waals surface area (Å²) < 4.78 is 1.65. The van der Waals surface area contributed by atoms with Gasteiger partial charge in [0.05, 0.1) is 11.1 Å². The maximum atomic E-state index is 11.6. The van der Waals surface area contributed by atoms with E-state index < -0.39 is 5.91 Å². The minimum Gasteiger partial charge on any atom is -0.365 e. The Morgan fingerprint density at radius 3 is 2.67 bits per heavy atom. The summed E-state index contributed by atoms with van der Waals surface area (Å²) in [5.41, 5.74) is 7.99. The van der Waals surface area contributed by atoms with Crippen molar-refractivity contribution in [2.45, 2.75) is 0 Å². The number of pyridine rings is 2. The molecule has 0 bridgehead atoms. The van der Waals surface area contributed by atoms with Crippen molar-refractivity contribution in [1.82, 2.24) is 14.6 Å². The molecule has 0 saturated heterocycles. The second-order valence-electron chi connectivity index (χ2n) is 3.85. The molecule has 88 valence electrons. The fourth-order valence-electron chi connectivity index (χ4n) is 1.95. The molecule has 3 aromatic rings. The van der Waals surface area contributed by atoms with Crippen molar-refractivity contribution in [1.29, 1.82) is 0 Å². The predicted molar refractivity (Wildman–Crippen MR) is 66.9 cm³/mol. The first-order valence-corrected chi connectivity index (χ1v) is 5.45. The second kappa shape index (κ2) is 3.96.